The van der Waals surface area contributed by atoms with Crippen molar-refractivity contribution in [3.8, 4) is 6.07 Å². The summed E-state index contributed by atoms with van der Waals surface area (Å²) in [6.45, 7) is 2.65. The molecule has 0 saturated carbocycles. The van der Waals surface area contributed by atoms with E-state index in [-0.39, 0.29) is 6.04 Å². The van der Waals surface area contributed by atoms with Crippen LogP contribution in [0, 0.1) is 11.3 Å². The number of nitriles is 1. The van der Waals surface area contributed by atoms with Gasteiger partial charge in [0.05, 0.1) is 17.7 Å². The molecule has 0 bridgehead atoms. The summed E-state index contributed by atoms with van der Waals surface area (Å²) in [6, 6.07) is 17.4. The topological polar surface area (TPSA) is 56.0 Å². The molecule has 0 aliphatic carbocycles. The van der Waals surface area contributed by atoms with Crippen molar-refractivity contribution in [2.75, 3.05) is 6.54 Å². The van der Waals surface area contributed by atoms with Crippen LogP contribution in [0.25, 0.3) is 0 Å². The Morgan fingerprint density at radius 3 is 2.86 bits per heavy atom. The fourth-order valence-corrected chi connectivity index (χ4v) is 3.08. The lowest BCUT2D eigenvalue weighted by Crippen LogP contribution is -2.43. The summed E-state index contributed by atoms with van der Waals surface area (Å²) in [5, 5.41) is 23.6. The van der Waals surface area contributed by atoms with E-state index in [9.17, 15) is 5.11 Å². The van der Waals surface area contributed by atoms with Gasteiger partial charge in [0.15, 0.2) is 0 Å². The maximum atomic E-state index is 11.1. The van der Waals surface area contributed by atoms with Crippen molar-refractivity contribution in [2.24, 2.45) is 0 Å². The van der Waals surface area contributed by atoms with Crippen LogP contribution in [0.1, 0.15) is 35.2 Å². The third kappa shape index (κ3) is 2.44. The molecule has 0 radical (unpaired) electrons. The Morgan fingerprint density at radius 2 is 2.05 bits per heavy atom. The first-order valence-corrected chi connectivity index (χ1v) is 7.17. The Labute approximate surface area is 124 Å². The average Bonchev–Trinajstić information content (AvgIpc) is 2.54. The Hall–Kier alpha value is -2.15. The molecule has 0 saturated heterocycles. The van der Waals surface area contributed by atoms with E-state index >= 15 is 0 Å². The van der Waals surface area contributed by atoms with E-state index in [0.717, 1.165) is 24.1 Å². The zero-order valence-corrected chi connectivity index (χ0v) is 12.0. The van der Waals surface area contributed by atoms with Crippen molar-refractivity contribution in [3.63, 3.8) is 0 Å². The van der Waals surface area contributed by atoms with Crippen LogP contribution in [0.3, 0.4) is 0 Å². The molecule has 1 aliphatic rings. The predicted molar refractivity (Wildman–Crippen MR) is 81.6 cm³/mol. The number of hydrogen-bond donors (Lipinski definition) is 2. The van der Waals surface area contributed by atoms with Crippen LogP contribution in [0.4, 0.5) is 0 Å². The van der Waals surface area contributed by atoms with Crippen LogP contribution in [-0.2, 0) is 12.0 Å². The molecule has 2 atom stereocenters. The standard InChI is InChI=1S/C18H18N2O/c1-18(21,15-7-4-5-13(11-15)12-19)17-16-8-3-2-6-14(16)9-10-20-17/h2-8,11,17,20-21H,9-10H2,1H3. The van der Waals surface area contributed by atoms with Gasteiger partial charge in [-0.1, -0.05) is 36.4 Å². The molecule has 106 valence electrons. The second kappa shape index (κ2) is 5.33. The molecule has 2 unspecified atom stereocenters. The molecule has 1 aliphatic heterocycles. The molecule has 3 heteroatoms. The normalized spacial score (nSPS) is 20.1. The van der Waals surface area contributed by atoms with Crippen LogP contribution < -0.4 is 5.32 Å². The van der Waals surface area contributed by atoms with E-state index in [1.807, 2.05) is 31.2 Å². The summed E-state index contributed by atoms with van der Waals surface area (Å²) < 4.78 is 0. The largest absolute Gasteiger partial charge is 0.383 e. The summed E-state index contributed by atoms with van der Waals surface area (Å²) in [4.78, 5) is 0. The van der Waals surface area contributed by atoms with Gasteiger partial charge in [0, 0.05) is 0 Å². The Balaban J connectivity index is 2.05. The summed E-state index contributed by atoms with van der Waals surface area (Å²) >= 11 is 0. The van der Waals surface area contributed by atoms with Crippen molar-refractivity contribution in [1.29, 1.82) is 5.26 Å². The zero-order chi connectivity index (χ0) is 14.9. The molecule has 21 heavy (non-hydrogen) atoms. The van der Waals surface area contributed by atoms with E-state index in [1.54, 1.807) is 12.1 Å². The monoisotopic (exact) mass is 278 g/mol. The highest BCUT2D eigenvalue weighted by Crippen LogP contribution is 2.38. The molecule has 0 spiro atoms. The van der Waals surface area contributed by atoms with Crippen LogP contribution in [0.5, 0.6) is 0 Å². The highest BCUT2D eigenvalue weighted by Gasteiger charge is 2.37. The van der Waals surface area contributed by atoms with Crippen molar-refractivity contribution in [1.82, 2.24) is 5.32 Å². The van der Waals surface area contributed by atoms with Gasteiger partial charge in [0.1, 0.15) is 5.60 Å². The fourth-order valence-electron chi connectivity index (χ4n) is 3.08. The molecule has 3 rings (SSSR count). The number of nitrogens with zero attached hydrogens (tertiary/aromatic N) is 1. The molecule has 0 fully saturated rings. The molecule has 3 nitrogen and oxygen atoms in total. The lowest BCUT2D eigenvalue weighted by Gasteiger charge is -2.38. The molecule has 0 amide bonds. The molecular formula is C18H18N2O. The number of hydrogen-bond acceptors (Lipinski definition) is 3. The summed E-state index contributed by atoms with van der Waals surface area (Å²) in [5.41, 5.74) is 2.67. The van der Waals surface area contributed by atoms with Crippen LogP contribution >= 0.6 is 0 Å². The van der Waals surface area contributed by atoms with E-state index in [4.69, 9.17) is 5.26 Å². The Kier molecular flexibility index (Phi) is 3.50. The van der Waals surface area contributed by atoms with Gasteiger partial charge in [0.25, 0.3) is 0 Å². The summed E-state index contributed by atoms with van der Waals surface area (Å²) in [5.74, 6) is 0. The van der Waals surface area contributed by atoms with Crippen molar-refractivity contribution in [2.45, 2.75) is 25.0 Å². The fraction of sp³-hybridized carbons (Fsp3) is 0.278. The third-order valence-corrected chi connectivity index (χ3v) is 4.25. The summed E-state index contributed by atoms with van der Waals surface area (Å²) in [6.07, 6.45) is 0.973. The van der Waals surface area contributed by atoms with E-state index in [2.05, 4.69) is 23.5 Å². The van der Waals surface area contributed by atoms with Crippen LogP contribution in [0.15, 0.2) is 48.5 Å². The van der Waals surface area contributed by atoms with Gasteiger partial charge in [-0.2, -0.15) is 5.26 Å². The average molecular weight is 278 g/mol. The van der Waals surface area contributed by atoms with Gasteiger partial charge in [-0.25, -0.2) is 0 Å². The van der Waals surface area contributed by atoms with Gasteiger partial charge < -0.3 is 10.4 Å². The first kappa shape index (κ1) is 13.8. The van der Waals surface area contributed by atoms with Crippen molar-refractivity contribution < 1.29 is 5.11 Å². The minimum Gasteiger partial charge on any atom is -0.383 e. The van der Waals surface area contributed by atoms with Crippen molar-refractivity contribution in [3.05, 3.63) is 70.8 Å². The number of rotatable bonds is 2. The van der Waals surface area contributed by atoms with Crippen LogP contribution in [-0.4, -0.2) is 11.7 Å². The van der Waals surface area contributed by atoms with E-state index < -0.39 is 5.60 Å². The Bertz CT molecular complexity index is 700. The maximum absolute atomic E-state index is 11.1. The zero-order valence-electron chi connectivity index (χ0n) is 12.0. The first-order chi connectivity index (χ1) is 10.1. The summed E-state index contributed by atoms with van der Waals surface area (Å²) in [7, 11) is 0. The maximum Gasteiger partial charge on any atom is 0.106 e. The van der Waals surface area contributed by atoms with Gasteiger partial charge in [-0.3, -0.25) is 0 Å². The number of fused-ring (bicyclic) bond motifs is 1. The van der Waals surface area contributed by atoms with Gasteiger partial charge in [-0.15, -0.1) is 0 Å². The quantitative estimate of drug-likeness (QED) is 0.888. The van der Waals surface area contributed by atoms with E-state index in [1.165, 1.54) is 5.56 Å². The molecule has 2 N–H and O–H groups in total. The molecule has 1 heterocycles. The van der Waals surface area contributed by atoms with Gasteiger partial charge >= 0.3 is 0 Å². The van der Waals surface area contributed by atoms with E-state index in [0.29, 0.717) is 5.56 Å². The lowest BCUT2D eigenvalue weighted by molar-refractivity contribution is 0.0118. The highest BCUT2D eigenvalue weighted by molar-refractivity contribution is 5.40. The second-order valence-corrected chi connectivity index (χ2v) is 5.68. The van der Waals surface area contributed by atoms with Gasteiger partial charge in [0.2, 0.25) is 0 Å². The third-order valence-electron chi connectivity index (χ3n) is 4.25. The molecule has 2 aromatic carbocycles. The van der Waals surface area contributed by atoms with Gasteiger partial charge in [-0.05, 0) is 48.7 Å². The lowest BCUT2D eigenvalue weighted by atomic mass is 9.80. The predicted octanol–water partition coefficient (Wildman–Crippen LogP) is 2.65. The second-order valence-electron chi connectivity index (χ2n) is 5.68. The molecule has 2 aromatic rings. The van der Waals surface area contributed by atoms with Crippen molar-refractivity contribution >= 4 is 0 Å². The SMILES string of the molecule is CC(O)(c1cccc(C#N)c1)C1NCCc2ccccc21. The van der Waals surface area contributed by atoms with Crippen LogP contribution in [0.2, 0.25) is 0 Å². The smallest absolute Gasteiger partial charge is 0.106 e. The molecule has 0 aromatic heterocycles. The minimum atomic E-state index is -1.07. The minimum absolute atomic E-state index is 0.170. The number of nitrogens with one attached hydrogen (secondary N) is 1. The first-order valence-electron chi connectivity index (χ1n) is 7.17. The highest BCUT2D eigenvalue weighted by atomic mass is 16.3. The number of aliphatic hydroxyl groups is 1. The number of benzene rings is 2. The molecular weight excluding hydrogens is 260 g/mol. The Morgan fingerprint density at radius 1 is 1.24 bits per heavy atom.